The van der Waals surface area contributed by atoms with Gasteiger partial charge in [-0.05, 0) is 32.0 Å². The number of anilines is 2. The fourth-order valence-electron chi connectivity index (χ4n) is 2.45. The summed E-state index contributed by atoms with van der Waals surface area (Å²) in [6.45, 7) is 3.84. The van der Waals surface area contributed by atoms with Crippen LogP contribution in [0.3, 0.4) is 0 Å². The zero-order valence-corrected chi connectivity index (χ0v) is 17.0. The van der Waals surface area contributed by atoms with Crippen LogP contribution in [0.1, 0.15) is 17.1 Å². The average molecular weight is 411 g/mol. The molecule has 3 heterocycles. The second kappa shape index (κ2) is 8.45. The topological polar surface area (TPSA) is 73.1 Å². The van der Waals surface area contributed by atoms with Gasteiger partial charge in [0.05, 0.1) is 11.4 Å². The number of pyridine rings is 1. The van der Waals surface area contributed by atoms with Crippen molar-refractivity contribution < 1.29 is 9.26 Å². The number of ether oxygens (including phenoxy) is 1. The van der Waals surface area contributed by atoms with Crippen molar-refractivity contribution in [2.24, 2.45) is 0 Å². The van der Waals surface area contributed by atoms with Crippen molar-refractivity contribution >= 4 is 34.0 Å². The summed E-state index contributed by atoms with van der Waals surface area (Å²) >= 11 is 3.16. The summed E-state index contributed by atoms with van der Waals surface area (Å²) in [6, 6.07) is 13.6. The Balaban J connectivity index is 1.57. The van der Waals surface area contributed by atoms with Gasteiger partial charge in [-0.25, -0.2) is 9.97 Å². The third kappa shape index (κ3) is 4.71. The van der Waals surface area contributed by atoms with Crippen LogP contribution in [0.15, 0.2) is 63.5 Å². The highest BCUT2D eigenvalue weighted by molar-refractivity contribution is 7.98. The van der Waals surface area contributed by atoms with Crippen molar-refractivity contribution in [3.63, 3.8) is 0 Å². The van der Waals surface area contributed by atoms with Crippen molar-refractivity contribution in [1.82, 2.24) is 15.1 Å². The van der Waals surface area contributed by atoms with Gasteiger partial charge >= 0.3 is 0 Å². The number of benzene rings is 1. The predicted molar refractivity (Wildman–Crippen MR) is 112 cm³/mol. The molecule has 0 radical (unpaired) electrons. The molecule has 0 fully saturated rings. The number of para-hydroxylation sites is 1. The first-order chi connectivity index (χ1) is 13.7. The lowest BCUT2D eigenvalue weighted by Crippen LogP contribution is -1.97. The molecule has 8 heteroatoms. The molecular formula is C20H18N4O2S2. The van der Waals surface area contributed by atoms with E-state index < -0.39 is 0 Å². The van der Waals surface area contributed by atoms with E-state index >= 15 is 0 Å². The second-order valence-electron chi connectivity index (χ2n) is 6.07. The van der Waals surface area contributed by atoms with Crippen molar-refractivity contribution in [2.45, 2.75) is 24.5 Å². The number of hydrogen-bond donors (Lipinski definition) is 1. The summed E-state index contributed by atoms with van der Waals surface area (Å²) in [7, 11) is 0. The molecule has 1 N–H and O–H groups in total. The lowest BCUT2D eigenvalue weighted by atomic mass is 10.3. The third-order valence-electron chi connectivity index (χ3n) is 3.71. The quantitative estimate of drug-likeness (QED) is 0.376. The molecule has 0 bridgehead atoms. The van der Waals surface area contributed by atoms with E-state index in [4.69, 9.17) is 9.26 Å². The van der Waals surface area contributed by atoms with E-state index in [0.29, 0.717) is 17.3 Å². The summed E-state index contributed by atoms with van der Waals surface area (Å²) in [4.78, 5) is 9.98. The molecule has 0 saturated carbocycles. The maximum atomic E-state index is 6.09. The van der Waals surface area contributed by atoms with Crippen molar-refractivity contribution in [3.05, 3.63) is 71.2 Å². The van der Waals surface area contributed by atoms with E-state index in [1.165, 1.54) is 11.3 Å². The number of nitrogens with one attached hydrogen (secondary N) is 1. The summed E-state index contributed by atoms with van der Waals surface area (Å²) in [5, 5.41) is 10.1. The first-order valence-corrected chi connectivity index (χ1v) is 10.5. The first-order valence-electron chi connectivity index (χ1n) is 8.63. The van der Waals surface area contributed by atoms with Gasteiger partial charge in [-0.15, -0.1) is 23.1 Å². The van der Waals surface area contributed by atoms with Crippen LogP contribution in [0, 0.1) is 13.8 Å². The average Bonchev–Trinajstić information content (AvgIpc) is 3.30. The summed E-state index contributed by atoms with van der Waals surface area (Å²) in [6.07, 6.45) is 1.82. The zero-order valence-electron chi connectivity index (χ0n) is 15.4. The van der Waals surface area contributed by atoms with E-state index in [9.17, 15) is 0 Å². The summed E-state index contributed by atoms with van der Waals surface area (Å²) < 4.78 is 11.2. The molecule has 0 aliphatic carbocycles. The lowest BCUT2D eigenvalue weighted by Gasteiger charge is -2.12. The molecule has 0 unspecified atom stereocenters. The van der Waals surface area contributed by atoms with E-state index in [-0.39, 0.29) is 0 Å². The minimum Gasteiger partial charge on any atom is -0.453 e. The molecule has 3 aromatic heterocycles. The maximum absolute atomic E-state index is 6.09. The smallest absolute Gasteiger partial charge is 0.188 e. The van der Waals surface area contributed by atoms with Crippen LogP contribution in [-0.2, 0) is 5.75 Å². The predicted octanol–water partition coefficient (Wildman–Crippen LogP) is 5.97. The third-order valence-corrected chi connectivity index (χ3v) is 5.58. The van der Waals surface area contributed by atoms with Crippen LogP contribution < -0.4 is 10.1 Å². The molecule has 28 heavy (non-hydrogen) atoms. The van der Waals surface area contributed by atoms with Gasteiger partial charge in [-0.1, -0.05) is 23.4 Å². The monoisotopic (exact) mass is 410 g/mol. The molecule has 6 nitrogen and oxygen atoms in total. The van der Waals surface area contributed by atoms with Gasteiger partial charge in [0.25, 0.3) is 0 Å². The Labute approximate surface area is 171 Å². The maximum Gasteiger partial charge on any atom is 0.188 e. The molecule has 142 valence electrons. The Morgan fingerprint density at radius 2 is 2.04 bits per heavy atom. The van der Waals surface area contributed by atoms with Gasteiger partial charge in [0.15, 0.2) is 16.7 Å². The van der Waals surface area contributed by atoms with Crippen molar-refractivity contribution in [2.75, 3.05) is 5.32 Å². The summed E-state index contributed by atoms with van der Waals surface area (Å²) in [5.41, 5.74) is 1.86. The fraction of sp³-hybridized carbons (Fsp3) is 0.150. The van der Waals surface area contributed by atoms with E-state index in [2.05, 4.69) is 20.4 Å². The number of nitrogens with zero attached hydrogens (tertiary/aromatic N) is 3. The van der Waals surface area contributed by atoms with Crippen LogP contribution >= 0.6 is 23.1 Å². The van der Waals surface area contributed by atoms with E-state index in [1.54, 1.807) is 11.8 Å². The van der Waals surface area contributed by atoms with Gasteiger partial charge in [-0.3, -0.25) is 0 Å². The number of rotatable bonds is 7. The van der Waals surface area contributed by atoms with Crippen LogP contribution in [0.2, 0.25) is 0 Å². The van der Waals surface area contributed by atoms with Gasteiger partial charge in [-0.2, -0.15) is 0 Å². The SMILES string of the molecule is Cc1csc(Nc2ncc(SCc3cc(C)on3)cc2Oc2ccccc2)n1. The number of thioether (sulfide) groups is 1. The Hall–Kier alpha value is -2.84. The number of hydrogen-bond acceptors (Lipinski definition) is 8. The van der Waals surface area contributed by atoms with Crippen molar-refractivity contribution in [3.8, 4) is 11.5 Å². The molecule has 4 aromatic rings. The minimum absolute atomic E-state index is 0.625. The highest BCUT2D eigenvalue weighted by Gasteiger charge is 2.12. The first kappa shape index (κ1) is 18.5. The van der Waals surface area contributed by atoms with Crippen LogP contribution in [0.25, 0.3) is 0 Å². The van der Waals surface area contributed by atoms with Crippen LogP contribution in [-0.4, -0.2) is 15.1 Å². The molecule has 1 aromatic carbocycles. The van der Waals surface area contributed by atoms with Crippen LogP contribution in [0.4, 0.5) is 10.9 Å². The number of thiazole rings is 1. The zero-order chi connectivity index (χ0) is 19.3. The Kier molecular flexibility index (Phi) is 5.59. The Morgan fingerprint density at radius 1 is 1.18 bits per heavy atom. The normalized spacial score (nSPS) is 10.8. The standard InChI is InChI=1S/C20H18N4O2S2/c1-13-11-28-20(22-13)23-19-18(25-16-6-4-3-5-7-16)9-17(10-21-19)27-12-15-8-14(2)26-24-15/h3-11H,12H2,1-2H3,(H,21,22,23). The molecule has 0 amide bonds. The molecule has 0 aliphatic heterocycles. The van der Waals surface area contributed by atoms with Crippen molar-refractivity contribution in [1.29, 1.82) is 0 Å². The van der Waals surface area contributed by atoms with E-state index in [0.717, 1.165) is 32.9 Å². The summed E-state index contributed by atoms with van der Waals surface area (Å²) in [5.74, 6) is 3.51. The molecule has 0 spiro atoms. The minimum atomic E-state index is 0.625. The molecule has 0 saturated heterocycles. The molecule has 4 rings (SSSR count). The Bertz CT molecular complexity index is 1060. The van der Waals surface area contributed by atoms with Gasteiger partial charge < -0.3 is 14.6 Å². The Morgan fingerprint density at radius 3 is 2.75 bits per heavy atom. The number of aryl methyl sites for hydroxylation is 2. The number of aromatic nitrogens is 3. The van der Waals surface area contributed by atoms with Crippen LogP contribution in [0.5, 0.6) is 11.5 Å². The van der Waals surface area contributed by atoms with E-state index in [1.807, 2.05) is 67.9 Å². The van der Waals surface area contributed by atoms with Gasteiger partial charge in [0.1, 0.15) is 11.5 Å². The fourth-order valence-corrected chi connectivity index (χ4v) is 3.90. The van der Waals surface area contributed by atoms with Gasteiger partial charge in [0.2, 0.25) is 0 Å². The lowest BCUT2D eigenvalue weighted by molar-refractivity contribution is 0.393. The molecule has 0 atom stereocenters. The molecular weight excluding hydrogens is 392 g/mol. The second-order valence-corrected chi connectivity index (χ2v) is 7.98. The largest absolute Gasteiger partial charge is 0.453 e. The highest BCUT2D eigenvalue weighted by Crippen LogP contribution is 2.35. The van der Waals surface area contributed by atoms with Gasteiger partial charge in [0, 0.05) is 28.3 Å². The highest BCUT2D eigenvalue weighted by atomic mass is 32.2. The molecule has 0 aliphatic rings.